The third-order valence-electron chi connectivity index (χ3n) is 7.63. The van der Waals surface area contributed by atoms with Gasteiger partial charge < -0.3 is 20.5 Å². The maximum atomic E-state index is 13.3. The van der Waals surface area contributed by atoms with Gasteiger partial charge in [-0.3, -0.25) is 4.79 Å². The lowest BCUT2D eigenvalue weighted by molar-refractivity contribution is -0.117. The quantitative estimate of drug-likeness (QED) is 0.172. The second kappa shape index (κ2) is 13.6. The van der Waals surface area contributed by atoms with Crippen molar-refractivity contribution in [2.24, 2.45) is 0 Å². The Morgan fingerprint density at radius 3 is 2.32 bits per heavy atom. The SMILES string of the molecule is CNCCc1c(S(C)(=O)=O)ccc(N(C(=O)O)c2nc3ccc(-c4ccc(NC(=O)[C@H](C)c5ccc(F)cc5)cc4)cn3n2)c1OC. The van der Waals surface area contributed by atoms with E-state index in [1.54, 1.807) is 56.6 Å². The molecule has 0 saturated heterocycles. The molecule has 0 aliphatic heterocycles. The summed E-state index contributed by atoms with van der Waals surface area (Å²) in [7, 11) is -0.573. The van der Waals surface area contributed by atoms with Gasteiger partial charge in [0.2, 0.25) is 5.91 Å². The number of anilines is 3. The molecule has 0 radical (unpaired) electrons. The van der Waals surface area contributed by atoms with E-state index in [-0.39, 0.29) is 40.4 Å². The Balaban J connectivity index is 1.43. The van der Waals surface area contributed by atoms with Gasteiger partial charge in [-0.15, -0.1) is 5.10 Å². The van der Waals surface area contributed by atoms with Crippen LogP contribution in [0.3, 0.4) is 0 Å². The molecule has 0 spiro atoms. The number of sulfone groups is 1. The van der Waals surface area contributed by atoms with Crippen LogP contribution in [0.15, 0.2) is 83.9 Å². The van der Waals surface area contributed by atoms with Gasteiger partial charge in [0.1, 0.15) is 11.6 Å². The van der Waals surface area contributed by atoms with Crippen molar-refractivity contribution in [3.63, 3.8) is 0 Å². The first-order valence-corrected chi connectivity index (χ1v) is 16.4. The molecular weight excluding hydrogens is 627 g/mol. The molecule has 2 heterocycles. The molecule has 2 amide bonds. The van der Waals surface area contributed by atoms with Gasteiger partial charge in [0.05, 0.1) is 23.6 Å². The number of aromatic nitrogens is 3. The fourth-order valence-electron chi connectivity index (χ4n) is 5.17. The number of halogens is 1. The first-order valence-electron chi connectivity index (χ1n) is 14.5. The van der Waals surface area contributed by atoms with E-state index in [1.807, 2.05) is 12.1 Å². The Labute approximate surface area is 270 Å². The van der Waals surface area contributed by atoms with Gasteiger partial charge in [-0.05, 0) is 86.6 Å². The zero-order valence-electron chi connectivity index (χ0n) is 26.1. The lowest BCUT2D eigenvalue weighted by atomic mass is 10.00. The van der Waals surface area contributed by atoms with Gasteiger partial charge in [-0.1, -0.05) is 24.3 Å². The molecule has 0 fully saturated rings. The average molecular weight is 661 g/mol. The third-order valence-corrected chi connectivity index (χ3v) is 8.81. The van der Waals surface area contributed by atoms with Crippen LogP contribution in [0.4, 0.5) is 26.5 Å². The highest BCUT2D eigenvalue weighted by Crippen LogP contribution is 2.39. The van der Waals surface area contributed by atoms with E-state index in [2.05, 4.69) is 20.7 Å². The van der Waals surface area contributed by atoms with E-state index >= 15 is 0 Å². The smallest absolute Gasteiger partial charge is 0.419 e. The van der Waals surface area contributed by atoms with Crippen LogP contribution in [0.1, 0.15) is 24.0 Å². The van der Waals surface area contributed by atoms with Crippen LogP contribution >= 0.6 is 0 Å². The highest BCUT2D eigenvalue weighted by molar-refractivity contribution is 7.90. The summed E-state index contributed by atoms with van der Waals surface area (Å²) in [5.74, 6) is -1.16. The fourth-order valence-corrected chi connectivity index (χ4v) is 6.13. The van der Waals surface area contributed by atoms with Crippen molar-refractivity contribution in [3.8, 4) is 16.9 Å². The number of likely N-dealkylation sites (N-methyl/N-ethyl adjacent to an activating group) is 1. The Bertz CT molecular complexity index is 2050. The summed E-state index contributed by atoms with van der Waals surface area (Å²) in [5.41, 5.74) is 3.61. The van der Waals surface area contributed by atoms with Gasteiger partial charge in [0, 0.05) is 29.3 Å². The second-order valence-corrected chi connectivity index (χ2v) is 12.8. The molecule has 1 atom stereocenters. The maximum Gasteiger partial charge on any atom is 0.419 e. The van der Waals surface area contributed by atoms with Crippen LogP contribution in [0.5, 0.6) is 5.75 Å². The molecule has 3 aromatic carbocycles. The number of rotatable bonds is 11. The topological polar surface area (TPSA) is 155 Å². The van der Waals surface area contributed by atoms with Gasteiger partial charge in [-0.2, -0.15) is 4.98 Å². The summed E-state index contributed by atoms with van der Waals surface area (Å²) in [6.45, 7) is 2.17. The van der Waals surface area contributed by atoms with E-state index in [0.29, 0.717) is 29.0 Å². The normalized spacial score (nSPS) is 12.1. The first kappa shape index (κ1) is 33.0. The number of methoxy groups -OCH3 is 1. The van der Waals surface area contributed by atoms with Gasteiger partial charge in [0.25, 0.3) is 5.95 Å². The molecule has 5 aromatic rings. The van der Waals surface area contributed by atoms with E-state index in [0.717, 1.165) is 22.3 Å². The van der Waals surface area contributed by atoms with Crippen molar-refractivity contribution in [2.75, 3.05) is 37.2 Å². The lowest BCUT2D eigenvalue weighted by Gasteiger charge is -2.22. The molecule has 12 nitrogen and oxygen atoms in total. The molecule has 2 aromatic heterocycles. The van der Waals surface area contributed by atoms with E-state index in [9.17, 15) is 27.5 Å². The zero-order chi connectivity index (χ0) is 33.9. The molecule has 0 bridgehead atoms. The first-order chi connectivity index (χ1) is 22.4. The van der Waals surface area contributed by atoms with Crippen LogP contribution in [-0.4, -0.2) is 67.1 Å². The molecule has 5 rings (SSSR count). The summed E-state index contributed by atoms with van der Waals surface area (Å²) in [5, 5.41) is 20.5. The molecule has 0 saturated carbocycles. The van der Waals surface area contributed by atoms with E-state index in [4.69, 9.17) is 4.74 Å². The van der Waals surface area contributed by atoms with Crippen molar-refractivity contribution < 1.29 is 32.2 Å². The van der Waals surface area contributed by atoms with Crippen molar-refractivity contribution in [2.45, 2.75) is 24.2 Å². The summed E-state index contributed by atoms with van der Waals surface area (Å²) in [4.78, 5) is 30.7. The molecular formula is C33H33FN6O6S. The third kappa shape index (κ3) is 7.08. The number of carbonyl (C=O) groups is 2. The molecule has 0 aliphatic carbocycles. The summed E-state index contributed by atoms with van der Waals surface area (Å²) in [6.07, 6.45) is 1.65. The van der Waals surface area contributed by atoms with Gasteiger partial charge in [-0.25, -0.2) is 27.0 Å². The van der Waals surface area contributed by atoms with Crippen LogP contribution in [0, 0.1) is 5.82 Å². The van der Waals surface area contributed by atoms with Crippen molar-refractivity contribution in [1.29, 1.82) is 0 Å². The number of hydrogen-bond acceptors (Lipinski definition) is 8. The number of nitrogens with one attached hydrogen (secondary N) is 2. The van der Waals surface area contributed by atoms with Crippen LogP contribution in [-0.2, 0) is 21.1 Å². The van der Waals surface area contributed by atoms with Crippen molar-refractivity contribution in [1.82, 2.24) is 19.9 Å². The Hall–Kier alpha value is -5.34. The Morgan fingerprint density at radius 1 is 1.02 bits per heavy atom. The van der Waals surface area contributed by atoms with E-state index < -0.39 is 21.8 Å². The number of amides is 2. The van der Waals surface area contributed by atoms with Crippen molar-refractivity contribution >= 4 is 44.8 Å². The fraction of sp³-hybridized carbons (Fsp3) is 0.212. The van der Waals surface area contributed by atoms with Crippen LogP contribution < -0.4 is 20.3 Å². The molecule has 14 heteroatoms. The molecule has 0 unspecified atom stereocenters. The Kier molecular flexibility index (Phi) is 9.54. The summed E-state index contributed by atoms with van der Waals surface area (Å²) >= 11 is 0. The molecule has 47 heavy (non-hydrogen) atoms. The number of carbonyl (C=O) groups excluding carboxylic acids is 1. The largest absolute Gasteiger partial charge is 0.494 e. The number of benzene rings is 3. The number of nitrogens with zero attached hydrogens (tertiary/aromatic N) is 4. The standard InChI is InChI=1S/C33H33FN6O6S/c1-20(21-5-10-24(34)11-6-21)31(41)36-25-12-7-22(8-13-25)23-9-16-29-37-32(38-39(29)19-23)40(33(42)43)27-14-15-28(47(4,44)45)26(17-18-35-2)30(27)46-3/h5-16,19-20,35H,17-18H2,1-4H3,(H,36,41)(H,42,43)/t20-/m1/s1. The monoisotopic (exact) mass is 660 g/mol. The molecule has 244 valence electrons. The van der Waals surface area contributed by atoms with Crippen LogP contribution in [0.2, 0.25) is 0 Å². The van der Waals surface area contributed by atoms with Crippen molar-refractivity contribution in [3.05, 3.63) is 95.9 Å². The predicted molar refractivity (Wildman–Crippen MR) is 176 cm³/mol. The number of pyridine rings is 1. The second-order valence-electron chi connectivity index (χ2n) is 10.8. The highest BCUT2D eigenvalue weighted by Gasteiger charge is 2.29. The minimum absolute atomic E-state index is 0.0410. The summed E-state index contributed by atoms with van der Waals surface area (Å²) in [6, 6.07) is 19.2. The highest BCUT2D eigenvalue weighted by atomic mass is 32.2. The number of hydrogen-bond donors (Lipinski definition) is 3. The number of fused-ring (bicyclic) bond motifs is 1. The maximum absolute atomic E-state index is 13.3. The number of carboxylic acid groups (broad SMARTS) is 1. The predicted octanol–water partition coefficient (Wildman–Crippen LogP) is 5.27. The minimum Gasteiger partial charge on any atom is -0.494 e. The minimum atomic E-state index is -3.64. The molecule has 3 N–H and O–H groups in total. The van der Waals surface area contributed by atoms with Gasteiger partial charge in [0.15, 0.2) is 15.5 Å². The zero-order valence-corrected chi connectivity index (χ0v) is 26.9. The lowest BCUT2D eigenvalue weighted by Crippen LogP contribution is -2.26. The van der Waals surface area contributed by atoms with E-state index in [1.165, 1.54) is 35.9 Å². The number of ether oxygens (including phenoxy) is 1. The van der Waals surface area contributed by atoms with Gasteiger partial charge >= 0.3 is 6.09 Å². The average Bonchev–Trinajstić information content (AvgIpc) is 3.46. The molecule has 0 aliphatic rings. The summed E-state index contributed by atoms with van der Waals surface area (Å²) < 4.78 is 45.4. The Morgan fingerprint density at radius 2 is 1.70 bits per heavy atom. The van der Waals surface area contributed by atoms with Crippen LogP contribution in [0.25, 0.3) is 16.8 Å².